The van der Waals surface area contributed by atoms with Crippen LogP contribution in [0, 0.1) is 12.8 Å². The first-order chi connectivity index (χ1) is 10.6. The number of nitrogens with zero attached hydrogens (tertiary/aromatic N) is 3. The van der Waals surface area contributed by atoms with E-state index in [0.29, 0.717) is 19.5 Å². The normalized spacial score (nSPS) is 18.6. The molecule has 22 heavy (non-hydrogen) atoms. The minimum Gasteiger partial charge on any atom is -0.481 e. The molecule has 3 heterocycles. The zero-order valence-corrected chi connectivity index (χ0v) is 12.5. The van der Waals surface area contributed by atoms with E-state index in [0.717, 1.165) is 23.3 Å². The number of likely N-dealkylation sites (tertiary alicyclic amines) is 1. The van der Waals surface area contributed by atoms with Gasteiger partial charge in [-0.2, -0.15) is 0 Å². The molecule has 0 spiro atoms. The smallest absolute Gasteiger partial charge is 0.308 e. The van der Waals surface area contributed by atoms with Gasteiger partial charge in [-0.1, -0.05) is 6.07 Å². The van der Waals surface area contributed by atoms with Crippen LogP contribution in [0.3, 0.4) is 0 Å². The first kappa shape index (κ1) is 14.6. The second-order valence-corrected chi connectivity index (χ2v) is 5.83. The Bertz CT molecular complexity index is 722. The maximum Gasteiger partial charge on any atom is 0.308 e. The molecule has 0 bridgehead atoms. The maximum atomic E-state index is 12.5. The van der Waals surface area contributed by atoms with Crippen molar-refractivity contribution >= 4 is 17.5 Å². The van der Waals surface area contributed by atoms with Gasteiger partial charge in [0.1, 0.15) is 5.65 Å². The van der Waals surface area contributed by atoms with Crippen molar-refractivity contribution in [1.82, 2.24) is 14.3 Å². The number of piperidine rings is 1. The number of pyridine rings is 1. The molecule has 0 saturated carbocycles. The van der Waals surface area contributed by atoms with Crippen molar-refractivity contribution in [3.63, 3.8) is 0 Å². The highest BCUT2D eigenvalue weighted by molar-refractivity contribution is 5.80. The average Bonchev–Trinajstić information content (AvgIpc) is 2.92. The molecule has 1 fully saturated rings. The number of imidazole rings is 1. The third kappa shape index (κ3) is 2.68. The summed E-state index contributed by atoms with van der Waals surface area (Å²) in [5.41, 5.74) is 2.75. The van der Waals surface area contributed by atoms with E-state index in [2.05, 4.69) is 4.98 Å². The number of carboxylic acids is 1. The predicted octanol–water partition coefficient (Wildman–Crippen LogP) is 1.51. The Morgan fingerprint density at radius 1 is 1.45 bits per heavy atom. The van der Waals surface area contributed by atoms with Gasteiger partial charge < -0.3 is 14.4 Å². The Balaban J connectivity index is 1.76. The first-order valence-electron chi connectivity index (χ1n) is 7.48. The van der Waals surface area contributed by atoms with Gasteiger partial charge in [-0.25, -0.2) is 4.98 Å². The Kier molecular flexibility index (Phi) is 3.83. The molecule has 1 aliphatic rings. The van der Waals surface area contributed by atoms with Crippen molar-refractivity contribution < 1.29 is 14.7 Å². The van der Waals surface area contributed by atoms with Crippen molar-refractivity contribution in [2.24, 2.45) is 5.92 Å². The van der Waals surface area contributed by atoms with Crippen molar-refractivity contribution in [1.29, 1.82) is 0 Å². The van der Waals surface area contributed by atoms with E-state index in [1.807, 2.05) is 29.7 Å². The summed E-state index contributed by atoms with van der Waals surface area (Å²) < 4.78 is 1.92. The number of carbonyl (C=O) groups excluding carboxylic acids is 1. The van der Waals surface area contributed by atoms with E-state index in [4.69, 9.17) is 5.11 Å². The topological polar surface area (TPSA) is 74.9 Å². The van der Waals surface area contributed by atoms with Crippen LogP contribution in [-0.2, 0) is 16.0 Å². The monoisotopic (exact) mass is 301 g/mol. The van der Waals surface area contributed by atoms with Crippen LogP contribution in [-0.4, -0.2) is 44.4 Å². The second kappa shape index (κ2) is 5.79. The summed E-state index contributed by atoms with van der Waals surface area (Å²) in [5, 5.41) is 9.11. The lowest BCUT2D eigenvalue weighted by Crippen LogP contribution is -2.43. The van der Waals surface area contributed by atoms with Gasteiger partial charge in [0.15, 0.2) is 0 Å². The fraction of sp³-hybridized carbons (Fsp3) is 0.438. The molecule has 0 unspecified atom stereocenters. The number of aromatic nitrogens is 2. The van der Waals surface area contributed by atoms with Crippen LogP contribution in [0.25, 0.3) is 5.65 Å². The van der Waals surface area contributed by atoms with Crippen LogP contribution < -0.4 is 0 Å². The predicted molar refractivity (Wildman–Crippen MR) is 80.6 cm³/mol. The van der Waals surface area contributed by atoms with E-state index in [1.165, 1.54) is 0 Å². The molecule has 0 radical (unpaired) electrons. The number of hydrogen-bond donors (Lipinski definition) is 1. The SMILES string of the molecule is Cc1cccn2c(CC(=O)N3CCC[C@H](C(=O)O)C3)cnc12. The van der Waals surface area contributed by atoms with Gasteiger partial charge in [-0.3, -0.25) is 9.59 Å². The molecule has 1 amide bonds. The van der Waals surface area contributed by atoms with E-state index < -0.39 is 11.9 Å². The largest absolute Gasteiger partial charge is 0.481 e. The fourth-order valence-corrected chi connectivity index (χ4v) is 3.01. The highest BCUT2D eigenvalue weighted by Gasteiger charge is 2.28. The Morgan fingerprint density at radius 3 is 3.05 bits per heavy atom. The number of amides is 1. The summed E-state index contributed by atoms with van der Waals surface area (Å²) in [4.78, 5) is 29.6. The van der Waals surface area contributed by atoms with E-state index in [-0.39, 0.29) is 12.3 Å². The highest BCUT2D eigenvalue weighted by atomic mass is 16.4. The Morgan fingerprint density at radius 2 is 2.27 bits per heavy atom. The molecular weight excluding hydrogens is 282 g/mol. The van der Waals surface area contributed by atoms with Gasteiger partial charge >= 0.3 is 5.97 Å². The van der Waals surface area contributed by atoms with Gasteiger partial charge in [-0.15, -0.1) is 0 Å². The van der Waals surface area contributed by atoms with Crippen LogP contribution in [0.15, 0.2) is 24.5 Å². The Labute approximate surface area is 128 Å². The van der Waals surface area contributed by atoms with E-state index >= 15 is 0 Å². The van der Waals surface area contributed by atoms with Crippen LogP contribution in [0.1, 0.15) is 24.1 Å². The van der Waals surface area contributed by atoms with E-state index in [1.54, 1.807) is 11.1 Å². The van der Waals surface area contributed by atoms with Gasteiger partial charge in [0, 0.05) is 25.5 Å². The van der Waals surface area contributed by atoms with Gasteiger partial charge in [0.25, 0.3) is 0 Å². The summed E-state index contributed by atoms with van der Waals surface area (Å²) in [6.45, 7) is 2.93. The highest BCUT2D eigenvalue weighted by Crippen LogP contribution is 2.18. The third-order valence-electron chi connectivity index (χ3n) is 4.26. The van der Waals surface area contributed by atoms with Crippen molar-refractivity contribution in [2.75, 3.05) is 13.1 Å². The van der Waals surface area contributed by atoms with Crippen LogP contribution in [0.2, 0.25) is 0 Å². The van der Waals surface area contributed by atoms with Gasteiger partial charge in [0.05, 0.1) is 18.0 Å². The minimum atomic E-state index is -0.817. The van der Waals surface area contributed by atoms with Gasteiger partial charge in [0.2, 0.25) is 5.91 Å². The summed E-state index contributed by atoms with van der Waals surface area (Å²) in [6, 6.07) is 3.91. The minimum absolute atomic E-state index is 0.0331. The molecule has 116 valence electrons. The average molecular weight is 301 g/mol. The molecule has 0 aliphatic carbocycles. The van der Waals surface area contributed by atoms with Gasteiger partial charge in [-0.05, 0) is 31.4 Å². The van der Waals surface area contributed by atoms with Crippen LogP contribution >= 0.6 is 0 Å². The molecule has 0 aromatic carbocycles. The van der Waals surface area contributed by atoms with Crippen molar-refractivity contribution in [3.05, 3.63) is 35.8 Å². The quantitative estimate of drug-likeness (QED) is 0.932. The molecule has 6 heteroatoms. The summed E-state index contributed by atoms with van der Waals surface area (Å²) in [5.74, 6) is -1.29. The molecule has 1 atom stereocenters. The zero-order chi connectivity index (χ0) is 15.7. The van der Waals surface area contributed by atoms with Crippen LogP contribution in [0.4, 0.5) is 0 Å². The Hall–Kier alpha value is -2.37. The lowest BCUT2D eigenvalue weighted by atomic mass is 9.98. The van der Waals surface area contributed by atoms with E-state index in [9.17, 15) is 9.59 Å². The van der Waals surface area contributed by atoms with Crippen molar-refractivity contribution in [2.45, 2.75) is 26.2 Å². The molecule has 1 N–H and O–H groups in total. The molecule has 3 rings (SSSR count). The third-order valence-corrected chi connectivity index (χ3v) is 4.26. The maximum absolute atomic E-state index is 12.5. The second-order valence-electron chi connectivity index (χ2n) is 5.83. The molecule has 2 aromatic rings. The number of aliphatic carboxylic acids is 1. The number of rotatable bonds is 3. The lowest BCUT2D eigenvalue weighted by molar-refractivity contribution is -0.145. The summed E-state index contributed by atoms with van der Waals surface area (Å²) >= 11 is 0. The summed E-state index contributed by atoms with van der Waals surface area (Å²) in [6.07, 6.45) is 5.26. The molecule has 2 aromatic heterocycles. The molecule has 6 nitrogen and oxygen atoms in total. The number of hydrogen-bond acceptors (Lipinski definition) is 3. The standard InChI is InChI=1S/C16H19N3O3/c1-11-4-2-7-19-13(9-17-15(11)19)8-14(20)18-6-3-5-12(10-18)16(21)22/h2,4,7,9,12H,3,5-6,8,10H2,1H3,(H,21,22)/t12-/m0/s1. The molecule has 1 aliphatic heterocycles. The summed E-state index contributed by atoms with van der Waals surface area (Å²) in [7, 11) is 0. The van der Waals surface area contributed by atoms with Crippen molar-refractivity contribution in [3.8, 4) is 0 Å². The molecule has 1 saturated heterocycles. The fourth-order valence-electron chi connectivity index (χ4n) is 3.01. The number of carboxylic acid groups (broad SMARTS) is 1. The zero-order valence-electron chi connectivity index (χ0n) is 12.5. The number of fused-ring (bicyclic) bond motifs is 1. The lowest BCUT2D eigenvalue weighted by Gasteiger charge is -2.30. The number of aryl methyl sites for hydroxylation is 1. The number of carbonyl (C=O) groups is 2. The van der Waals surface area contributed by atoms with Crippen LogP contribution in [0.5, 0.6) is 0 Å². The molecular formula is C16H19N3O3. The first-order valence-corrected chi connectivity index (χ1v) is 7.48.